The fourth-order valence-electron chi connectivity index (χ4n) is 4.28. The number of nitrogens with one attached hydrogen (secondary N) is 2. The van der Waals surface area contributed by atoms with Gasteiger partial charge in [0.15, 0.2) is 17.3 Å². The number of halogens is 1. The fourth-order valence-corrected chi connectivity index (χ4v) is 4.49. The molecule has 0 spiro atoms. The molecule has 0 saturated carbocycles. The number of aromatic amines is 1. The molecule has 10 nitrogen and oxygen atoms in total. The molecular formula is C20H24ClN9O. The average Bonchev–Trinajstić information content (AvgIpc) is 3.30. The molecule has 0 bridgehead atoms. The number of hydrogen-bond donors (Lipinski definition) is 2. The van der Waals surface area contributed by atoms with Crippen molar-refractivity contribution in [1.29, 1.82) is 0 Å². The number of carbonyl (C=O) groups is 1. The molecule has 5 heterocycles. The number of imidazole rings is 1. The molecule has 2 fully saturated rings. The Bertz CT molecular complexity index is 1060. The third kappa shape index (κ3) is 3.88. The van der Waals surface area contributed by atoms with Crippen molar-refractivity contribution < 1.29 is 4.79 Å². The van der Waals surface area contributed by atoms with Gasteiger partial charge in [-0.1, -0.05) is 11.6 Å². The number of hydrogen-bond acceptors (Lipinski definition) is 7. The van der Waals surface area contributed by atoms with E-state index in [9.17, 15) is 4.79 Å². The van der Waals surface area contributed by atoms with E-state index in [1.807, 2.05) is 4.90 Å². The van der Waals surface area contributed by atoms with Gasteiger partial charge in [-0.3, -0.25) is 4.90 Å². The van der Waals surface area contributed by atoms with Crippen molar-refractivity contribution in [1.82, 2.24) is 35.1 Å². The standard InChI is InChI=1S/C20H24ClN9O/c21-15-4-2-6-23-18(15)30(14-3-1-5-22-11-14)20(31)29-9-7-28(8-10-29)19-16-17(25-12-24-16)26-13-27-19/h2,4,6,12-14,22H,1,3,5,7-11H2,(H,24,25,26,27)/t14-/m1/s1. The van der Waals surface area contributed by atoms with Gasteiger partial charge in [-0.05, 0) is 31.5 Å². The normalized spacial score (nSPS) is 19.6. The summed E-state index contributed by atoms with van der Waals surface area (Å²) >= 11 is 6.44. The number of carbonyl (C=O) groups excluding carboxylic acids is 1. The minimum absolute atomic E-state index is 0.0261. The van der Waals surface area contributed by atoms with Crippen LogP contribution in [0.2, 0.25) is 5.02 Å². The summed E-state index contributed by atoms with van der Waals surface area (Å²) in [5.41, 5.74) is 1.46. The zero-order chi connectivity index (χ0) is 21.2. The van der Waals surface area contributed by atoms with E-state index in [-0.39, 0.29) is 12.1 Å². The molecule has 2 aliphatic heterocycles. The first kappa shape index (κ1) is 20.0. The van der Waals surface area contributed by atoms with Crippen LogP contribution in [0.1, 0.15) is 12.8 Å². The van der Waals surface area contributed by atoms with Crippen LogP contribution in [0.25, 0.3) is 11.2 Å². The molecule has 0 aromatic carbocycles. The maximum absolute atomic E-state index is 13.6. The van der Waals surface area contributed by atoms with Crippen molar-refractivity contribution in [3.63, 3.8) is 0 Å². The number of H-pyrrole nitrogens is 1. The van der Waals surface area contributed by atoms with Crippen LogP contribution in [-0.4, -0.2) is 81.2 Å². The van der Waals surface area contributed by atoms with Gasteiger partial charge in [0.25, 0.3) is 0 Å². The Morgan fingerprint density at radius 3 is 2.81 bits per heavy atom. The van der Waals surface area contributed by atoms with Crippen molar-refractivity contribution in [3.8, 4) is 0 Å². The van der Waals surface area contributed by atoms with Crippen molar-refractivity contribution in [2.45, 2.75) is 18.9 Å². The molecule has 11 heteroatoms. The monoisotopic (exact) mass is 441 g/mol. The first-order chi connectivity index (χ1) is 15.2. The third-order valence-electron chi connectivity index (χ3n) is 5.86. The minimum atomic E-state index is -0.0525. The maximum Gasteiger partial charge on any atom is 0.326 e. The summed E-state index contributed by atoms with van der Waals surface area (Å²) in [6.07, 6.45) is 6.76. The topological polar surface area (TPSA) is 106 Å². The summed E-state index contributed by atoms with van der Waals surface area (Å²) in [5, 5.41) is 3.88. The Hall–Kier alpha value is -2.98. The number of piperidine rings is 1. The molecule has 5 rings (SSSR count). The van der Waals surface area contributed by atoms with Crippen LogP contribution >= 0.6 is 11.6 Å². The van der Waals surface area contributed by atoms with E-state index in [1.54, 1.807) is 29.6 Å². The van der Waals surface area contributed by atoms with E-state index in [4.69, 9.17) is 11.6 Å². The minimum Gasteiger partial charge on any atom is -0.351 e. The number of urea groups is 1. The number of pyridine rings is 1. The maximum atomic E-state index is 13.6. The van der Waals surface area contributed by atoms with E-state index in [0.717, 1.165) is 37.3 Å². The van der Waals surface area contributed by atoms with Crippen LogP contribution in [0.3, 0.4) is 0 Å². The highest BCUT2D eigenvalue weighted by atomic mass is 35.5. The molecule has 2 saturated heterocycles. The van der Waals surface area contributed by atoms with E-state index >= 15 is 0 Å². The molecule has 0 aliphatic carbocycles. The summed E-state index contributed by atoms with van der Waals surface area (Å²) in [6.45, 7) is 4.21. The lowest BCUT2D eigenvalue weighted by Gasteiger charge is -2.41. The molecule has 162 valence electrons. The first-order valence-corrected chi connectivity index (χ1v) is 10.9. The Morgan fingerprint density at radius 2 is 2.03 bits per heavy atom. The SMILES string of the molecule is O=C(N1CCN(c2ncnc3nc[nH]c23)CC1)N(c1ncccc1Cl)[C@@H]1CCCNC1. The zero-order valence-electron chi connectivity index (χ0n) is 17.0. The van der Waals surface area contributed by atoms with Gasteiger partial charge in [0.2, 0.25) is 0 Å². The van der Waals surface area contributed by atoms with Crippen LogP contribution in [0.15, 0.2) is 31.0 Å². The first-order valence-electron chi connectivity index (χ1n) is 10.5. The van der Waals surface area contributed by atoms with Crippen molar-refractivity contribution in [2.24, 2.45) is 0 Å². The number of aromatic nitrogens is 5. The van der Waals surface area contributed by atoms with Gasteiger partial charge in [0.1, 0.15) is 11.8 Å². The van der Waals surface area contributed by atoms with E-state index in [1.165, 1.54) is 6.33 Å². The number of anilines is 2. The quantitative estimate of drug-likeness (QED) is 0.639. The van der Waals surface area contributed by atoms with E-state index in [0.29, 0.717) is 42.7 Å². The third-order valence-corrected chi connectivity index (χ3v) is 6.16. The number of piperazine rings is 1. The highest BCUT2D eigenvalue weighted by molar-refractivity contribution is 6.33. The Kier molecular flexibility index (Phi) is 5.56. The van der Waals surface area contributed by atoms with Crippen LogP contribution in [0.5, 0.6) is 0 Å². The number of rotatable bonds is 3. The summed E-state index contributed by atoms with van der Waals surface area (Å²) < 4.78 is 0. The second-order valence-electron chi connectivity index (χ2n) is 7.73. The summed E-state index contributed by atoms with van der Waals surface area (Å²) in [6, 6.07) is 3.54. The molecule has 0 radical (unpaired) electrons. The van der Waals surface area contributed by atoms with Crippen LogP contribution in [0.4, 0.5) is 16.4 Å². The Morgan fingerprint density at radius 1 is 1.16 bits per heavy atom. The van der Waals surface area contributed by atoms with Gasteiger partial charge in [0, 0.05) is 38.9 Å². The van der Waals surface area contributed by atoms with Gasteiger partial charge in [-0.2, -0.15) is 0 Å². The smallest absolute Gasteiger partial charge is 0.326 e. The van der Waals surface area contributed by atoms with Crippen LogP contribution < -0.4 is 15.1 Å². The van der Waals surface area contributed by atoms with E-state index in [2.05, 4.69) is 35.1 Å². The Balaban J connectivity index is 1.35. The van der Waals surface area contributed by atoms with Crippen LogP contribution in [-0.2, 0) is 0 Å². The highest BCUT2D eigenvalue weighted by Gasteiger charge is 2.34. The number of amides is 2. The summed E-state index contributed by atoms with van der Waals surface area (Å²) in [4.78, 5) is 39.8. The molecule has 1 atom stereocenters. The van der Waals surface area contributed by atoms with Gasteiger partial charge >= 0.3 is 6.03 Å². The molecule has 2 N–H and O–H groups in total. The zero-order valence-corrected chi connectivity index (χ0v) is 17.8. The predicted molar refractivity (Wildman–Crippen MR) is 118 cm³/mol. The second kappa shape index (κ2) is 8.64. The van der Waals surface area contributed by atoms with Gasteiger partial charge in [-0.15, -0.1) is 0 Å². The lowest BCUT2D eigenvalue weighted by molar-refractivity contribution is 0.196. The second-order valence-corrected chi connectivity index (χ2v) is 8.14. The molecule has 2 amide bonds. The fraction of sp³-hybridized carbons (Fsp3) is 0.450. The van der Waals surface area contributed by atoms with Gasteiger partial charge in [-0.25, -0.2) is 24.7 Å². The molecular weight excluding hydrogens is 418 g/mol. The Labute approximate surface area is 184 Å². The summed E-state index contributed by atoms with van der Waals surface area (Å²) in [7, 11) is 0. The summed E-state index contributed by atoms with van der Waals surface area (Å²) in [5.74, 6) is 1.34. The lowest BCUT2D eigenvalue weighted by Crippen LogP contribution is -2.58. The van der Waals surface area contributed by atoms with Crippen molar-refractivity contribution in [3.05, 3.63) is 36.0 Å². The predicted octanol–water partition coefficient (Wildman–Crippen LogP) is 1.90. The molecule has 2 aliphatic rings. The van der Waals surface area contributed by atoms with Gasteiger partial charge < -0.3 is 20.1 Å². The van der Waals surface area contributed by atoms with Crippen molar-refractivity contribution in [2.75, 3.05) is 49.1 Å². The number of nitrogens with zero attached hydrogens (tertiary/aromatic N) is 7. The largest absolute Gasteiger partial charge is 0.351 e. The van der Waals surface area contributed by atoms with Crippen LogP contribution in [0, 0.1) is 0 Å². The average molecular weight is 442 g/mol. The van der Waals surface area contributed by atoms with E-state index < -0.39 is 0 Å². The number of fused-ring (bicyclic) bond motifs is 1. The molecule has 3 aromatic heterocycles. The lowest BCUT2D eigenvalue weighted by atomic mass is 10.1. The molecule has 0 unspecified atom stereocenters. The highest BCUT2D eigenvalue weighted by Crippen LogP contribution is 2.28. The van der Waals surface area contributed by atoms with Gasteiger partial charge in [0.05, 0.1) is 17.4 Å². The van der Waals surface area contributed by atoms with Crippen molar-refractivity contribution >= 4 is 40.4 Å². The molecule has 31 heavy (non-hydrogen) atoms. The molecule has 3 aromatic rings.